The van der Waals surface area contributed by atoms with Gasteiger partial charge in [0.05, 0.1) is 5.92 Å². The molecular weight excluding hydrogens is 454 g/mol. The van der Waals surface area contributed by atoms with E-state index < -0.39 is 5.92 Å². The normalized spacial score (nSPS) is 22.6. The van der Waals surface area contributed by atoms with Gasteiger partial charge in [-0.3, -0.25) is 14.6 Å². The molecule has 0 spiro atoms. The molecule has 2 aliphatic rings. The summed E-state index contributed by atoms with van der Waals surface area (Å²) >= 11 is 3.54. The number of aliphatic imine (C=N–C) groups is 1. The standard InChI is InChI=1S/C25H26BrN3O2/c1-14-8-9-20(27-13-14)29-24(31)21-15(2)28-18-11-25(3,4)12-19(30)23(18)22(21)16-6-5-7-17(26)10-16/h5-10,13,21-22H,11-12H2,1-4H3,(H,27,29,31)/t21?,22-/m1/s1. The number of ketones is 1. The van der Waals surface area contributed by atoms with E-state index in [1.165, 1.54) is 0 Å². The topological polar surface area (TPSA) is 71.4 Å². The Labute approximate surface area is 191 Å². The summed E-state index contributed by atoms with van der Waals surface area (Å²) < 4.78 is 0.912. The van der Waals surface area contributed by atoms with E-state index in [0.29, 0.717) is 17.8 Å². The number of anilines is 1. The number of aryl methyl sites for hydroxylation is 1. The van der Waals surface area contributed by atoms with Gasteiger partial charge in [-0.25, -0.2) is 4.98 Å². The van der Waals surface area contributed by atoms with Crippen LogP contribution < -0.4 is 5.32 Å². The number of allylic oxidation sites excluding steroid dienone is 2. The summed E-state index contributed by atoms with van der Waals surface area (Å²) in [6.07, 6.45) is 2.90. The minimum atomic E-state index is -0.582. The van der Waals surface area contributed by atoms with Crippen molar-refractivity contribution in [1.29, 1.82) is 0 Å². The van der Waals surface area contributed by atoms with Crippen LogP contribution in [-0.2, 0) is 9.59 Å². The quantitative estimate of drug-likeness (QED) is 0.621. The van der Waals surface area contributed by atoms with Gasteiger partial charge in [-0.15, -0.1) is 0 Å². The van der Waals surface area contributed by atoms with Crippen LogP contribution in [0.15, 0.2) is 63.3 Å². The Hall–Kier alpha value is -2.60. The zero-order valence-electron chi connectivity index (χ0n) is 18.2. The van der Waals surface area contributed by atoms with E-state index in [2.05, 4.69) is 40.1 Å². The number of carbonyl (C=O) groups excluding carboxylic acids is 2. The average molecular weight is 480 g/mol. The molecule has 1 amide bonds. The number of nitrogens with one attached hydrogen (secondary N) is 1. The number of benzene rings is 1. The SMILES string of the molecule is CC1=NC2=C(C(=O)CC(C)(C)C2)[C@H](c2cccc(Br)c2)C1C(=O)Nc1ccc(C)cn1. The first-order chi connectivity index (χ1) is 14.6. The fourth-order valence-corrected chi connectivity index (χ4v) is 5.01. The van der Waals surface area contributed by atoms with E-state index in [0.717, 1.165) is 33.4 Å². The molecule has 160 valence electrons. The number of rotatable bonds is 3. The largest absolute Gasteiger partial charge is 0.310 e. The van der Waals surface area contributed by atoms with Gasteiger partial charge in [-0.2, -0.15) is 0 Å². The van der Waals surface area contributed by atoms with E-state index >= 15 is 0 Å². The Bertz CT molecular complexity index is 1120. The lowest BCUT2D eigenvalue weighted by atomic mass is 9.66. The van der Waals surface area contributed by atoms with Crippen molar-refractivity contribution < 1.29 is 9.59 Å². The number of nitrogens with zero attached hydrogens (tertiary/aromatic N) is 2. The third-order valence-electron chi connectivity index (χ3n) is 5.96. The summed E-state index contributed by atoms with van der Waals surface area (Å²) in [5, 5.41) is 2.93. The first kappa shape index (κ1) is 21.6. The molecule has 5 nitrogen and oxygen atoms in total. The maximum absolute atomic E-state index is 13.5. The first-order valence-electron chi connectivity index (χ1n) is 10.4. The maximum atomic E-state index is 13.5. The van der Waals surface area contributed by atoms with Crippen LogP contribution in [0.4, 0.5) is 5.82 Å². The molecule has 0 bridgehead atoms. The fourth-order valence-electron chi connectivity index (χ4n) is 4.59. The molecule has 31 heavy (non-hydrogen) atoms. The van der Waals surface area contributed by atoms with Gasteiger partial charge in [0.2, 0.25) is 5.91 Å². The first-order valence-corrected chi connectivity index (χ1v) is 11.2. The molecule has 0 saturated carbocycles. The maximum Gasteiger partial charge on any atom is 0.235 e. The third-order valence-corrected chi connectivity index (χ3v) is 6.45. The molecule has 4 rings (SSSR count). The zero-order chi connectivity index (χ0) is 22.3. The summed E-state index contributed by atoms with van der Waals surface area (Å²) in [6, 6.07) is 11.6. The number of pyridine rings is 1. The monoisotopic (exact) mass is 479 g/mol. The molecule has 0 radical (unpaired) electrons. The van der Waals surface area contributed by atoms with Crippen LogP contribution in [0.5, 0.6) is 0 Å². The number of carbonyl (C=O) groups is 2. The highest BCUT2D eigenvalue weighted by Gasteiger charge is 2.45. The number of Topliss-reactive ketones (excluding diaryl/α,β-unsaturated/α-hetero) is 1. The molecule has 1 aromatic carbocycles. The van der Waals surface area contributed by atoms with Gasteiger partial charge >= 0.3 is 0 Å². The van der Waals surface area contributed by atoms with Crippen LogP contribution in [0.25, 0.3) is 0 Å². The van der Waals surface area contributed by atoms with E-state index in [4.69, 9.17) is 4.99 Å². The van der Waals surface area contributed by atoms with Gasteiger partial charge < -0.3 is 5.32 Å². The molecular formula is C25H26BrN3O2. The van der Waals surface area contributed by atoms with E-state index in [1.807, 2.05) is 44.2 Å². The fraction of sp³-hybridized carbons (Fsp3) is 0.360. The molecule has 6 heteroatoms. The van der Waals surface area contributed by atoms with Crippen molar-refractivity contribution in [2.24, 2.45) is 16.3 Å². The van der Waals surface area contributed by atoms with Crippen molar-refractivity contribution in [1.82, 2.24) is 4.98 Å². The third kappa shape index (κ3) is 4.40. The lowest BCUT2D eigenvalue weighted by molar-refractivity contribution is -0.119. The van der Waals surface area contributed by atoms with E-state index in [-0.39, 0.29) is 23.0 Å². The van der Waals surface area contributed by atoms with Crippen molar-refractivity contribution in [2.75, 3.05) is 5.32 Å². The van der Waals surface area contributed by atoms with Gasteiger partial charge in [0.1, 0.15) is 5.82 Å². The molecule has 0 saturated heterocycles. The summed E-state index contributed by atoms with van der Waals surface area (Å²) in [5.74, 6) is -0.585. The van der Waals surface area contributed by atoms with Crippen LogP contribution in [0, 0.1) is 18.3 Å². The highest BCUT2D eigenvalue weighted by Crippen LogP contribution is 2.48. The summed E-state index contributed by atoms with van der Waals surface area (Å²) in [4.78, 5) is 35.9. The molecule has 2 aromatic rings. The molecule has 0 fully saturated rings. The van der Waals surface area contributed by atoms with Gasteiger partial charge in [-0.05, 0) is 55.0 Å². The molecule has 1 N–H and O–H groups in total. The molecule has 1 aliphatic carbocycles. The summed E-state index contributed by atoms with van der Waals surface area (Å²) in [6.45, 7) is 8.02. The van der Waals surface area contributed by atoms with Gasteiger partial charge in [-0.1, -0.05) is 48.0 Å². The van der Waals surface area contributed by atoms with Crippen molar-refractivity contribution in [3.8, 4) is 0 Å². The van der Waals surface area contributed by atoms with Gasteiger partial charge in [0.15, 0.2) is 5.78 Å². The van der Waals surface area contributed by atoms with Crippen LogP contribution in [0.1, 0.15) is 50.7 Å². The Morgan fingerprint density at radius 3 is 2.61 bits per heavy atom. The Morgan fingerprint density at radius 2 is 1.94 bits per heavy atom. The van der Waals surface area contributed by atoms with Crippen molar-refractivity contribution >= 4 is 39.1 Å². The van der Waals surface area contributed by atoms with Gasteiger partial charge in [0, 0.05) is 40.0 Å². The lowest BCUT2D eigenvalue weighted by Crippen LogP contribution is -2.41. The highest BCUT2D eigenvalue weighted by atomic mass is 79.9. The summed E-state index contributed by atoms with van der Waals surface area (Å²) in [5.41, 5.74) is 4.04. The van der Waals surface area contributed by atoms with Crippen LogP contribution in [0.3, 0.4) is 0 Å². The Balaban J connectivity index is 1.79. The van der Waals surface area contributed by atoms with Crippen molar-refractivity contribution in [3.05, 3.63) is 69.5 Å². The molecule has 2 atom stereocenters. The lowest BCUT2D eigenvalue weighted by Gasteiger charge is -2.39. The average Bonchev–Trinajstić information content (AvgIpc) is 2.67. The molecule has 1 aliphatic heterocycles. The van der Waals surface area contributed by atoms with Gasteiger partial charge in [0.25, 0.3) is 0 Å². The van der Waals surface area contributed by atoms with E-state index in [1.54, 1.807) is 12.3 Å². The minimum absolute atomic E-state index is 0.0822. The smallest absolute Gasteiger partial charge is 0.235 e. The Morgan fingerprint density at radius 1 is 1.16 bits per heavy atom. The molecule has 1 aromatic heterocycles. The second kappa shape index (κ2) is 8.15. The minimum Gasteiger partial charge on any atom is -0.310 e. The second-order valence-corrected chi connectivity index (χ2v) is 10.2. The predicted molar refractivity (Wildman–Crippen MR) is 126 cm³/mol. The van der Waals surface area contributed by atoms with Crippen molar-refractivity contribution in [2.45, 2.75) is 46.5 Å². The molecule has 1 unspecified atom stereocenters. The van der Waals surface area contributed by atoms with E-state index in [9.17, 15) is 9.59 Å². The van der Waals surface area contributed by atoms with Crippen LogP contribution >= 0.6 is 15.9 Å². The highest BCUT2D eigenvalue weighted by molar-refractivity contribution is 9.10. The van der Waals surface area contributed by atoms with Crippen molar-refractivity contribution in [3.63, 3.8) is 0 Å². The predicted octanol–water partition coefficient (Wildman–Crippen LogP) is 5.61. The number of halogens is 1. The second-order valence-electron chi connectivity index (χ2n) is 9.27. The molecule has 2 heterocycles. The number of hydrogen-bond donors (Lipinski definition) is 1. The summed E-state index contributed by atoms with van der Waals surface area (Å²) in [7, 11) is 0. The Kier molecular flexibility index (Phi) is 5.69. The van der Waals surface area contributed by atoms with Crippen LogP contribution in [0.2, 0.25) is 0 Å². The zero-order valence-corrected chi connectivity index (χ0v) is 19.8. The number of amides is 1. The number of aromatic nitrogens is 1. The van der Waals surface area contributed by atoms with Crippen LogP contribution in [-0.4, -0.2) is 22.4 Å². The number of hydrogen-bond acceptors (Lipinski definition) is 4.